The van der Waals surface area contributed by atoms with Crippen LogP contribution in [0, 0.1) is 0 Å². The third-order valence-corrected chi connectivity index (χ3v) is 4.10. The van der Waals surface area contributed by atoms with Gasteiger partial charge in [0.15, 0.2) is 0 Å². The van der Waals surface area contributed by atoms with Gasteiger partial charge in [-0.2, -0.15) is 0 Å². The lowest BCUT2D eigenvalue weighted by atomic mass is 10.0. The van der Waals surface area contributed by atoms with Gasteiger partial charge < -0.3 is 10.6 Å². The molecule has 0 fully saturated rings. The highest BCUT2D eigenvalue weighted by Crippen LogP contribution is 2.35. The molecular formula is C18H20N2O. The Morgan fingerprint density at radius 3 is 2.62 bits per heavy atom. The number of hydrogen-bond acceptors (Lipinski definition) is 2. The Balaban J connectivity index is 1.77. The molecule has 1 heterocycles. The minimum atomic E-state index is -0.495. The fourth-order valence-corrected chi connectivity index (χ4v) is 2.98. The third kappa shape index (κ3) is 2.69. The molecule has 2 unspecified atom stereocenters. The molecule has 2 atom stereocenters. The predicted octanol–water partition coefficient (Wildman–Crippen LogP) is 2.71. The second-order valence-corrected chi connectivity index (χ2v) is 5.70. The summed E-state index contributed by atoms with van der Waals surface area (Å²) in [4.78, 5) is 14.5. The normalized spacial score (nSPS) is 18.4. The van der Waals surface area contributed by atoms with Crippen LogP contribution in [0.1, 0.15) is 24.0 Å². The lowest BCUT2D eigenvalue weighted by molar-refractivity contribution is -0.119. The van der Waals surface area contributed by atoms with Crippen molar-refractivity contribution >= 4 is 11.6 Å². The quantitative estimate of drug-likeness (QED) is 0.939. The van der Waals surface area contributed by atoms with Gasteiger partial charge in [-0.25, -0.2) is 0 Å². The predicted molar refractivity (Wildman–Crippen MR) is 85.3 cm³/mol. The number of nitrogens with zero attached hydrogens (tertiary/aromatic N) is 1. The van der Waals surface area contributed by atoms with Crippen molar-refractivity contribution in [1.29, 1.82) is 0 Å². The van der Waals surface area contributed by atoms with Crippen LogP contribution in [-0.2, 0) is 11.2 Å². The van der Waals surface area contributed by atoms with E-state index in [9.17, 15) is 4.79 Å². The number of hydrogen-bond donors (Lipinski definition) is 1. The lowest BCUT2D eigenvalue weighted by Gasteiger charge is -2.22. The smallest absolute Gasteiger partial charge is 0.244 e. The molecule has 0 aromatic heterocycles. The van der Waals surface area contributed by atoms with E-state index in [1.54, 1.807) is 0 Å². The first-order chi connectivity index (χ1) is 10.2. The molecule has 108 valence electrons. The molecule has 0 radical (unpaired) electrons. The summed E-state index contributed by atoms with van der Waals surface area (Å²) in [5.74, 6) is 0.379. The van der Waals surface area contributed by atoms with Crippen molar-refractivity contribution in [3.05, 3.63) is 65.7 Å². The van der Waals surface area contributed by atoms with Crippen molar-refractivity contribution in [2.24, 2.45) is 5.73 Å². The topological polar surface area (TPSA) is 46.3 Å². The molecule has 2 N–H and O–H groups in total. The molecule has 1 amide bonds. The van der Waals surface area contributed by atoms with E-state index in [1.807, 2.05) is 53.4 Å². The molecule has 0 saturated heterocycles. The monoisotopic (exact) mass is 280 g/mol. The van der Waals surface area contributed by atoms with E-state index >= 15 is 0 Å². The Labute approximate surface area is 125 Å². The third-order valence-electron chi connectivity index (χ3n) is 4.10. The highest BCUT2D eigenvalue weighted by atomic mass is 16.2. The summed E-state index contributed by atoms with van der Waals surface area (Å²) < 4.78 is 0. The number of carbonyl (C=O) groups excluding carboxylic acids is 1. The highest BCUT2D eigenvalue weighted by molar-refractivity contribution is 5.99. The van der Waals surface area contributed by atoms with E-state index in [4.69, 9.17) is 5.73 Å². The average Bonchev–Trinajstić information content (AvgIpc) is 2.85. The number of para-hydroxylation sites is 1. The van der Waals surface area contributed by atoms with Gasteiger partial charge >= 0.3 is 0 Å². The second kappa shape index (κ2) is 5.70. The molecule has 21 heavy (non-hydrogen) atoms. The highest BCUT2D eigenvalue weighted by Gasteiger charge is 2.31. The molecule has 3 heteroatoms. The summed E-state index contributed by atoms with van der Waals surface area (Å²) in [5, 5.41) is 0. The van der Waals surface area contributed by atoms with Gasteiger partial charge in [-0.05, 0) is 23.6 Å². The first kappa shape index (κ1) is 13.8. The number of nitrogens with two attached hydrogens (primary N) is 1. The number of amides is 1. The molecular weight excluding hydrogens is 260 g/mol. The van der Waals surface area contributed by atoms with Crippen LogP contribution in [0.5, 0.6) is 0 Å². The maximum Gasteiger partial charge on any atom is 0.244 e. The Kier molecular flexibility index (Phi) is 3.76. The van der Waals surface area contributed by atoms with Crippen LogP contribution >= 0.6 is 0 Å². The number of carbonyl (C=O) groups is 1. The maximum absolute atomic E-state index is 12.7. The summed E-state index contributed by atoms with van der Waals surface area (Å²) in [6, 6.07) is 17.5. The van der Waals surface area contributed by atoms with Gasteiger partial charge in [-0.15, -0.1) is 0 Å². The van der Waals surface area contributed by atoms with E-state index in [0.29, 0.717) is 12.3 Å². The molecule has 0 aliphatic carbocycles. The van der Waals surface area contributed by atoms with Crippen molar-refractivity contribution in [3.8, 4) is 0 Å². The standard InChI is InChI=1S/C18H20N2O/c1-13-12-20(17-10-6-5-9-15(13)17)18(21)16(19)11-14-7-3-2-4-8-14/h2-10,13,16H,11-12,19H2,1H3. The maximum atomic E-state index is 12.7. The van der Waals surface area contributed by atoms with Crippen LogP contribution < -0.4 is 10.6 Å². The Morgan fingerprint density at radius 2 is 1.86 bits per heavy atom. The van der Waals surface area contributed by atoms with Gasteiger partial charge in [0.05, 0.1) is 6.04 Å². The van der Waals surface area contributed by atoms with E-state index in [0.717, 1.165) is 17.8 Å². The average molecular weight is 280 g/mol. The number of anilines is 1. The lowest BCUT2D eigenvalue weighted by Crippen LogP contribution is -2.44. The number of rotatable bonds is 3. The van der Waals surface area contributed by atoms with Crippen molar-refractivity contribution in [1.82, 2.24) is 0 Å². The van der Waals surface area contributed by atoms with Gasteiger partial charge in [0.1, 0.15) is 0 Å². The molecule has 0 saturated carbocycles. The van der Waals surface area contributed by atoms with Crippen LogP contribution in [0.3, 0.4) is 0 Å². The van der Waals surface area contributed by atoms with Crippen molar-refractivity contribution in [3.63, 3.8) is 0 Å². The van der Waals surface area contributed by atoms with Crippen LogP contribution in [0.25, 0.3) is 0 Å². The largest absolute Gasteiger partial charge is 0.320 e. The number of benzene rings is 2. The van der Waals surface area contributed by atoms with Crippen LogP contribution in [0.4, 0.5) is 5.69 Å². The van der Waals surface area contributed by atoms with E-state index < -0.39 is 6.04 Å². The molecule has 2 aromatic rings. The van der Waals surface area contributed by atoms with Crippen molar-refractivity contribution in [2.45, 2.75) is 25.3 Å². The fraction of sp³-hybridized carbons (Fsp3) is 0.278. The zero-order chi connectivity index (χ0) is 14.8. The SMILES string of the molecule is CC1CN(C(=O)C(N)Cc2ccccc2)c2ccccc21. The van der Waals surface area contributed by atoms with Crippen LogP contribution in [0.15, 0.2) is 54.6 Å². The first-order valence-electron chi connectivity index (χ1n) is 7.36. The minimum Gasteiger partial charge on any atom is -0.320 e. The Bertz CT molecular complexity index is 639. The molecule has 1 aliphatic rings. The van der Waals surface area contributed by atoms with Crippen LogP contribution in [-0.4, -0.2) is 18.5 Å². The summed E-state index contributed by atoms with van der Waals surface area (Å²) >= 11 is 0. The summed E-state index contributed by atoms with van der Waals surface area (Å²) in [7, 11) is 0. The zero-order valence-corrected chi connectivity index (χ0v) is 12.2. The molecule has 1 aliphatic heterocycles. The van der Waals surface area contributed by atoms with Crippen molar-refractivity contribution < 1.29 is 4.79 Å². The Hall–Kier alpha value is -2.13. The van der Waals surface area contributed by atoms with E-state index in [2.05, 4.69) is 13.0 Å². The van der Waals surface area contributed by atoms with Crippen molar-refractivity contribution in [2.75, 3.05) is 11.4 Å². The first-order valence-corrected chi connectivity index (χ1v) is 7.36. The van der Waals surface area contributed by atoms with Gasteiger partial charge in [0.25, 0.3) is 0 Å². The molecule has 0 bridgehead atoms. The van der Waals surface area contributed by atoms with Gasteiger partial charge in [-0.1, -0.05) is 55.5 Å². The minimum absolute atomic E-state index is 0.00986. The Morgan fingerprint density at radius 1 is 1.19 bits per heavy atom. The van der Waals surface area contributed by atoms with Gasteiger partial charge in [0, 0.05) is 18.2 Å². The summed E-state index contributed by atoms with van der Waals surface area (Å²) in [5.41, 5.74) is 9.48. The van der Waals surface area contributed by atoms with Crippen LogP contribution in [0.2, 0.25) is 0 Å². The van der Waals surface area contributed by atoms with Gasteiger partial charge in [0.2, 0.25) is 5.91 Å². The zero-order valence-electron chi connectivity index (χ0n) is 12.2. The molecule has 0 spiro atoms. The van der Waals surface area contributed by atoms with Gasteiger partial charge in [-0.3, -0.25) is 4.79 Å². The van der Waals surface area contributed by atoms with E-state index in [1.165, 1.54) is 5.56 Å². The molecule has 3 rings (SSSR count). The fourth-order valence-electron chi connectivity index (χ4n) is 2.98. The number of fused-ring (bicyclic) bond motifs is 1. The second-order valence-electron chi connectivity index (χ2n) is 5.70. The van der Waals surface area contributed by atoms with E-state index in [-0.39, 0.29) is 5.91 Å². The molecule has 2 aromatic carbocycles. The molecule has 3 nitrogen and oxygen atoms in total. The summed E-state index contributed by atoms with van der Waals surface area (Å²) in [6.07, 6.45) is 0.576. The summed E-state index contributed by atoms with van der Waals surface area (Å²) in [6.45, 7) is 2.87.